The molecule has 8 nitrogen and oxygen atoms in total. The van der Waals surface area contributed by atoms with Crippen LogP contribution in [0.5, 0.6) is 11.5 Å². The normalized spacial score (nSPS) is 14.7. The molecule has 0 amide bonds. The molecule has 2 heterocycles. The van der Waals surface area contributed by atoms with Gasteiger partial charge in [0.15, 0.2) is 16.3 Å². The zero-order valence-electron chi connectivity index (χ0n) is 23.1. The highest BCUT2D eigenvalue weighted by Crippen LogP contribution is 2.32. The van der Waals surface area contributed by atoms with E-state index in [0.717, 1.165) is 9.13 Å². The van der Waals surface area contributed by atoms with Gasteiger partial charge < -0.3 is 14.2 Å². The van der Waals surface area contributed by atoms with Crippen molar-refractivity contribution in [1.29, 1.82) is 0 Å². The minimum Gasteiger partial charge on any atom is -0.490 e. The summed E-state index contributed by atoms with van der Waals surface area (Å²) in [5.41, 5.74) is 2.47. The molecule has 0 radical (unpaired) electrons. The number of thiazole rings is 1. The predicted molar refractivity (Wildman–Crippen MR) is 169 cm³/mol. The number of carbonyl (C=O) groups excluding carboxylic acids is 2. The maximum Gasteiger partial charge on any atom is 0.344 e. The second-order valence-electron chi connectivity index (χ2n) is 9.22. The fourth-order valence-corrected chi connectivity index (χ4v) is 6.30. The zero-order valence-corrected chi connectivity index (χ0v) is 26.1. The van der Waals surface area contributed by atoms with Crippen LogP contribution in [0.25, 0.3) is 6.08 Å². The van der Waals surface area contributed by atoms with Gasteiger partial charge in [-0.05, 0) is 84.8 Å². The van der Waals surface area contributed by atoms with Crippen molar-refractivity contribution in [2.45, 2.75) is 26.8 Å². The Morgan fingerprint density at radius 2 is 1.71 bits per heavy atom. The van der Waals surface area contributed by atoms with Gasteiger partial charge in [0.05, 0.1) is 40.6 Å². The Morgan fingerprint density at radius 1 is 0.976 bits per heavy atom. The molecule has 1 aliphatic rings. The quantitative estimate of drug-likeness (QED) is 0.146. The molecule has 0 bridgehead atoms. The van der Waals surface area contributed by atoms with Crippen LogP contribution in [-0.2, 0) is 9.53 Å². The van der Waals surface area contributed by atoms with Crippen LogP contribution < -0.4 is 24.4 Å². The maximum atomic E-state index is 13.9. The highest BCUT2D eigenvalue weighted by molar-refractivity contribution is 14.1. The first-order valence-electron chi connectivity index (χ1n) is 13.3. The molecule has 10 heteroatoms. The van der Waals surface area contributed by atoms with Crippen LogP contribution in [0.2, 0.25) is 0 Å². The second kappa shape index (κ2) is 12.9. The number of hydrogen-bond acceptors (Lipinski definition) is 8. The Bertz CT molecular complexity index is 1880. The third kappa shape index (κ3) is 5.95. The largest absolute Gasteiger partial charge is 0.490 e. The van der Waals surface area contributed by atoms with Crippen LogP contribution in [0, 0.1) is 3.57 Å². The van der Waals surface area contributed by atoms with Gasteiger partial charge in [0.2, 0.25) is 0 Å². The van der Waals surface area contributed by atoms with Crippen LogP contribution in [0.3, 0.4) is 0 Å². The van der Waals surface area contributed by atoms with E-state index in [1.165, 1.54) is 11.3 Å². The molecule has 214 valence electrons. The smallest absolute Gasteiger partial charge is 0.344 e. The van der Waals surface area contributed by atoms with Crippen molar-refractivity contribution in [2.24, 2.45) is 4.99 Å². The number of benzene rings is 3. The van der Waals surface area contributed by atoms with Crippen molar-refractivity contribution < 1.29 is 23.8 Å². The molecule has 0 N–H and O–H groups in total. The lowest BCUT2D eigenvalue weighted by Crippen LogP contribution is -2.39. The number of nitrogens with zero attached hydrogens (tertiary/aromatic N) is 2. The molecule has 4 aromatic rings. The molecule has 1 aliphatic heterocycles. The molecule has 0 saturated heterocycles. The summed E-state index contributed by atoms with van der Waals surface area (Å²) in [5, 5.41) is 0. The fourth-order valence-electron chi connectivity index (χ4n) is 4.64. The molecule has 0 spiro atoms. The lowest BCUT2D eigenvalue weighted by atomic mass is 9.96. The van der Waals surface area contributed by atoms with Crippen LogP contribution in [-0.4, -0.2) is 29.7 Å². The number of rotatable bonds is 8. The first kappa shape index (κ1) is 29.5. The first-order chi connectivity index (χ1) is 20.3. The number of hydrogen-bond donors (Lipinski definition) is 0. The van der Waals surface area contributed by atoms with E-state index in [-0.39, 0.29) is 17.9 Å². The molecule has 0 aliphatic carbocycles. The molecule has 5 rings (SSSR count). The number of aromatic nitrogens is 1. The number of esters is 2. The average molecular weight is 695 g/mol. The van der Waals surface area contributed by atoms with Gasteiger partial charge in [0.1, 0.15) is 0 Å². The topological polar surface area (TPSA) is 96.2 Å². The van der Waals surface area contributed by atoms with E-state index in [9.17, 15) is 14.4 Å². The predicted octanol–water partition coefficient (Wildman–Crippen LogP) is 5.02. The average Bonchev–Trinajstić information content (AvgIpc) is 3.28. The molecule has 42 heavy (non-hydrogen) atoms. The van der Waals surface area contributed by atoms with Gasteiger partial charge in [-0.3, -0.25) is 9.36 Å². The van der Waals surface area contributed by atoms with Gasteiger partial charge >= 0.3 is 11.9 Å². The summed E-state index contributed by atoms with van der Waals surface area (Å²) in [7, 11) is 0. The van der Waals surface area contributed by atoms with Crippen LogP contribution in [0.1, 0.15) is 48.3 Å². The van der Waals surface area contributed by atoms with E-state index in [4.69, 9.17) is 14.2 Å². The van der Waals surface area contributed by atoms with Crippen LogP contribution in [0.15, 0.2) is 93.9 Å². The number of carbonyl (C=O) groups is 2. The number of halogens is 1. The molecular weight excluding hydrogens is 667 g/mol. The number of fused-ring (bicyclic) bond motifs is 1. The Morgan fingerprint density at radius 3 is 2.43 bits per heavy atom. The van der Waals surface area contributed by atoms with Gasteiger partial charge in [0, 0.05) is 3.57 Å². The van der Waals surface area contributed by atoms with Gasteiger partial charge in [0.25, 0.3) is 5.56 Å². The Labute approximate surface area is 259 Å². The molecule has 0 fully saturated rings. The summed E-state index contributed by atoms with van der Waals surface area (Å²) in [6, 6.07) is 21.0. The summed E-state index contributed by atoms with van der Waals surface area (Å²) < 4.78 is 19.6. The van der Waals surface area contributed by atoms with E-state index in [2.05, 4.69) is 27.6 Å². The zero-order chi connectivity index (χ0) is 29.8. The minimum absolute atomic E-state index is 0.208. The highest BCUT2D eigenvalue weighted by Gasteiger charge is 2.33. The Kier molecular flexibility index (Phi) is 9.03. The van der Waals surface area contributed by atoms with Crippen molar-refractivity contribution in [3.05, 3.63) is 124 Å². The molecule has 1 aromatic heterocycles. The molecule has 1 atom stereocenters. The van der Waals surface area contributed by atoms with E-state index in [1.807, 2.05) is 49.4 Å². The second-order valence-corrected chi connectivity index (χ2v) is 11.4. The molecule has 0 saturated carbocycles. The molecular formula is C32H27IN2O6S. The van der Waals surface area contributed by atoms with Crippen LogP contribution >= 0.6 is 33.9 Å². The monoisotopic (exact) mass is 694 g/mol. The van der Waals surface area contributed by atoms with Gasteiger partial charge in [-0.2, -0.15) is 0 Å². The third-order valence-electron chi connectivity index (χ3n) is 6.49. The molecule has 0 unspecified atom stereocenters. The number of ether oxygens (including phenoxy) is 3. The fraction of sp³-hybridized carbons (Fsp3) is 0.188. The van der Waals surface area contributed by atoms with Crippen molar-refractivity contribution in [1.82, 2.24) is 4.57 Å². The highest BCUT2D eigenvalue weighted by atomic mass is 127. The van der Waals surface area contributed by atoms with Crippen molar-refractivity contribution in [2.75, 3.05) is 13.2 Å². The Balaban J connectivity index is 1.56. The lowest BCUT2D eigenvalue weighted by molar-refractivity contribution is -0.139. The minimum atomic E-state index is -0.676. The standard InChI is InChI=1S/C32H27IN2O6S/c1-4-39-25-17-20(15-16-24(25)41-30(37)22-13-9-10-14-23(22)33)18-26-29(36)35-28(21-11-7-6-8-12-21)27(31(38)40-5-2)19(3)34-32(35)42-26/h6-18,28H,4-5H2,1-3H3/b26-18+/t28-/m1/s1. The van der Waals surface area contributed by atoms with E-state index in [0.29, 0.717) is 44.1 Å². The summed E-state index contributed by atoms with van der Waals surface area (Å²) in [6.07, 6.45) is 1.74. The summed E-state index contributed by atoms with van der Waals surface area (Å²) >= 11 is 3.32. The van der Waals surface area contributed by atoms with Gasteiger partial charge in [-0.15, -0.1) is 0 Å². The SMILES string of the molecule is CCOC(=O)C1=C(C)N=c2s/c(=C/c3ccc(OC(=O)c4ccccc4I)c(OCC)c3)c(=O)n2[C@@H]1c1ccccc1. The number of allylic oxidation sites excluding steroid dienone is 1. The Hall–Kier alpha value is -4.03. The summed E-state index contributed by atoms with van der Waals surface area (Å²) in [6.45, 7) is 5.89. The van der Waals surface area contributed by atoms with Crippen molar-refractivity contribution in [3.63, 3.8) is 0 Å². The first-order valence-corrected chi connectivity index (χ1v) is 15.2. The van der Waals surface area contributed by atoms with Crippen LogP contribution in [0.4, 0.5) is 0 Å². The van der Waals surface area contributed by atoms with Crippen molar-refractivity contribution in [3.8, 4) is 11.5 Å². The maximum absolute atomic E-state index is 13.9. The van der Waals surface area contributed by atoms with E-state index in [1.54, 1.807) is 54.8 Å². The lowest BCUT2D eigenvalue weighted by Gasteiger charge is -2.24. The summed E-state index contributed by atoms with van der Waals surface area (Å²) in [4.78, 5) is 44.8. The van der Waals surface area contributed by atoms with E-state index >= 15 is 0 Å². The van der Waals surface area contributed by atoms with Gasteiger partial charge in [-0.25, -0.2) is 14.6 Å². The summed E-state index contributed by atoms with van der Waals surface area (Å²) in [5.74, 6) is -0.339. The third-order valence-corrected chi connectivity index (χ3v) is 8.42. The van der Waals surface area contributed by atoms with E-state index < -0.39 is 18.0 Å². The van der Waals surface area contributed by atoms with Gasteiger partial charge in [-0.1, -0.05) is 59.9 Å². The molecule has 3 aromatic carbocycles. The van der Waals surface area contributed by atoms with Crippen molar-refractivity contribution >= 4 is 51.9 Å².